The zero-order chi connectivity index (χ0) is 17.8. The van der Waals surface area contributed by atoms with Crippen LogP contribution >= 0.6 is 0 Å². The largest absolute Gasteiger partial charge is 0.336 e. The monoisotopic (exact) mass is 341 g/mol. The number of hydrogen-bond donors (Lipinski definition) is 2. The molecule has 2 N–H and O–H groups in total. The molecule has 1 unspecified atom stereocenters. The van der Waals surface area contributed by atoms with Crippen LogP contribution in [0, 0.1) is 0 Å². The maximum atomic E-state index is 12.8. The molecule has 0 aliphatic carbocycles. The lowest BCUT2D eigenvalue weighted by Crippen LogP contribution is -2.49. The standard InChI is InChI=1S/C18H23N5O2/c1-13(24)21-15-5-3-14(4-6-15)11-17(25)23-10-7-19-12-16(23)18-20-8-9-22(18)2/h3-6,8-9,16,19H,7,10-12H2,1-2H3,(H,21,24). The van der Waals surface area contributed by atoms with Gasteiger partial charge in [0.2, 0.25) is 11.8 Å². The number of amides is 2. The van der Waals surface area contributed by atoms with Crippen molar-refractivity contribution in [3.8, 4) is 0 Å². The van der Waals surface area contributed by atoms with Crippen molar-refractivity contribution in [2.45, 2.75) is 19.4 Å². The molecule has 2 amide bonds. The Labute approximate surface area is 147 Å². The molecule has 3 rings (SSSR count). The van der Waals surface area contributed by atoms with Gasteiger partial charge in [0, 0.05) is 51.7 Å². The van der Waals surface area contributed by atoms with Crippen LogP contribution in [0.15, 0.2) is 36.7 Å². The molecule has 2 aromatic rings. The van der Waals surface area contributed by atoms with E-state index in [1.807, 2.05) is 47.0 Å². The molecule has 0 radical (unpaired) electrons. The molecular formula is C18H23N5O2. The maximum Gasteiger partial charge on any atom is 0.227 e. The van der Waals surface area contributed by atoms with E-state index in [0.717, 1.165) is 23.6 Å². The van der Waals surface area contributed by atoms with Crippen LogP contribution in [0.2, 0.25) is 0 Å². The summed E-state index contributed by atoms with van der Waals surface area (Å²) in [6.45, 7) is 3.63. The molecule has 1 saturated heterocycles. The summed E-state index contributed by atoms with van der Waals surface area (Å²) < 4.78 is 1.96. The highest BCUT2D eigenvalue weighted by Gasteiger charge is 2.30. The second-order valence-corrected chi connectivity index (χ2v) is 6.26. The smallest absolute Gasteiger partial charge is 0.227 e. The fourth-order valence-electron chi connectivity index (χ4n) is 3.12. The van der Waals surface area contributed by atoms with E-state index < -0.39 is 0 Å². The highest BCUT2D eigenvalue weighted by atomic mass is 16.2. The molecule has 1 aliphatic rings. The van der Waals surface area contributed by atoms with Gasteiger partial charge in [0.05, 0.1) is 6.42 Å². The first-order valence-electron chi connectivity index (χ1n) is 8.38. The van der Waals surface area contributed by atoms with E-state index in [1.54, 1.807) is 6.20 Å². The van der Waals surface area contributed by atoms with E-state index in [9.17, 15) is 9.59 Å². The number of imidazole rings is 1. The second-order valence-electron chi connectivity index (χ2n) is 6.26. The van der Waals surface area contributed by atoms with Crippen LogP contribution in [0.3, 0.4) is 0 Å². The van der Waals surface area contributed by atoms with Crippen LogP contribution in [0.1, 0.15) is 24.4 Å². The van der Waals surface area contributed by atoms with Crippen LogP contribution < -0.4 is 10.6 Å². The van der Waals surface area contributed by atoms with Crippen LogP contribution in [-0.4, -0.2) is 45.9 Å². The second kappa shape index (κ2) is 7.48. The molecule has 0 saturated carbocycles. The lowest BCUT2D eigenvalue weighted by molar-refractivity contribution is -0.134. The molecule has 1 aromatic carbocycles. The summed E-state index contributed by atoms with van der Waals surface area (Å²) in [6, 6.07) is 7.33. The molecule has 1 fully saturated rings. The normalized spacial score (nSPS) is 17.4. The van der Waals surface area contributed by atoms with Gasteiger partial charge in [-0.2, -0.15) is 0 Å². The van der Waals surface area contributed by atoms with E-state index in [1.165, 1.54) is 6.92 Å². The molecule has 1 aromatic heterocycles. The molecule has 1 aliphatic heterocycles. The Bertz CT molecular complexity index is 753. The van der Waals surface area contributed by atoms with Gasteiger partial charge in [-0.25, -0.2) is 4.98 Å². The van der Waals surface area contributed by atoms with Gasteiger partial charge < -0.3 is 20.1 Å². The van der Waals surface area contributed by atoms with Crippen molar-refractivity contribution in [1.29, 1.82) is 0 Å². The van der Waals surface area contributed by atoms with Crippen molar-refractivity contribution in [2.24, 2.45) is 7.05 Å². The summed E-state index contributed by atoms with van der Waals surface area (Å²) in [5.41, 5.74) is 1.66. The average Bonchev–Trinajstić information content (AvgIpc) is 3.02. The van der Waals surface area contributed by atoms with E-state index >= 15 is 0 Å². The molecule has 25 heavy (non-hydrogen) atoms. The van der Waals surface area contributed by atoms with Gasteiger partial charge in [-0.05, 0) is 17.7 Å². The minimum absolute atomic E-state index is 0.0556. The van der Waals surface area contributed by atoms with Crippen molar-refractivity contribution in [3.63, 3.8) is 0 Å². The van der Waals surface area contributed by atoms with Gasteiger partial charge in [-0.3, -0.25) is 9.59 Å². The number of nitrogens with one attached hydrogen (secondary N) is 2. The summed E-state index contributed by atoms with van der Waals surface area (Å²) in [6.07, 6.45) is 3.99. The van der Waals surface area contributed by atoms with Gasteiger partial charge in [-0.15, -0.1) is 0 Å². The Morgan fingerprint density at radius 3 is 2.72 bits per heavy atom. The zero-order valence-corrected chi connectivity index (χ0v) is 14.5. The van der Waals surface area contributed by atoms with E-state index in [4.69, 9.17) is 0 Å². The summed E-state index contributed by atoms with van der Waals surface area (Å²) in [5.74, 6) is 0.867. The zero-order valence-electron chi connectivity index (χ0n) is 14.5. The molecular weight excluding hydrogens is 318 g/mol. The fourth-order valence-corrected chi connectivity index (χ4v) is 3.12. The molecule has 0 spiro atoms. The minimum Gasteiger partial charge on any atom is -0.336 e. The van der Waals surface area contributed by atoms with Crippen LogP contribution in [-0.2, 0) is 23.1 Å². The average molecular weight is 341 g/mol. The van der Waals surface area contributed by atoms with Gasteiger partial charge in [0.15, 0.2) is 0 Å². The number of rotatable bonds is 4. The number of aromatic nitrogens is 2. The number of carbonyl (C=O) groups excluding carboxylic acids is 2. The maximum absolute atomic E-state index is 12.8. The SMILES string of the molecule is CC(=O)Nc1ccc(CC(=O)N2CCNCC2c2nccn2C)cc1. The number of nitrogens with zero attached hydrogens (tertiary/aromatic N) is 3. The van der Waals surface area contributed by atoms with Gasteiger partial charge >= 0.3 is 0 Å². The first kappa shape index (κ1) is 17.2. The Hall–Kier alpha value is -2.67. The number of benzene rings is 1. The van der Waals surface area contributed by atoms with Crippen molar-refractivity contribution in [3.05, 3.63) is 48.0 Å². The van der Waals surface area contributed by atoms with Crippen LogP contribution in [0.5, 0.6) is 0 Å². The van der Waals surface area contributed by atoms with Crippen molar-refractivity contribution in [2.75, 3.05) is 25.0 Å². The Morgan fingerprint density at radius 2 is 2.08 bits per heavy atom. The molecule has 132 valence electrons. The van der Waals surface area contributed by atoms with Crippen LogP contribution in [0.25, 0.3) is 0 Å². The van der Waals surface area contributed by atoms with Crippen molar-refractivity contribution in [1.82, 2.24) is 19.8 Å². The van der Waals surface area contributed by atoms with E-state index in [2.05, 4.69) is 15.6 Å². The number of hydrogen-bond acceptors (Lipinski definition) is 4. The van der Waals surface area contributed by atoms with Crippen LogP contribution in [0.4, 0.5) is 5.69 Å². The third-order valence-electron chi connectivity index (χ3n) is 4.35. The Kier molecular flexibility index (Phi) is 5.14. The number of carbonyl (C=O) groups is 2. The Morgan fingerprint density at radius 1 is 1.32 bits per heavy atom. The number of aryl methyl sites for hydroxylation is 1. The summed E-state index contributed by atoms with van der Waals surface area (Å²) in [4.78, 5) is 30.2. The highest BCUT2D eigenvalue weighted by Crippen LogP contribution is 2.22. The molecule has 0 bridgehead atoms. The lowest BCUT2D eigenvalue weighted by Gasteiger charge is -2.35. The number of piperazine rings is 1. The fraction of sp³-hybridized carbons (Fsp3) is 0.389. The third-order valence-corrected chi connectivity index (χ3v) is 4.35. The molecule has 1 atom stereocenters. The van der Waals surface area contributed by atoms with Crippen molar-refractivity contribution < 1.29 is 9.59 Å². The summed E-state index contributed by atoms with van der Waals surface area (Å²) >= 11 is 0. The first-order chi connectivity index (χ1) is 12.0. The minimum atomic E-state index is -0.109. The van der Waals surface area contributed by atoms with E-state index in [0.29, 0.717) is 19.5 Å². The molecule has 7 nitrogen and oxygen atoms in total. The van der Waals surface area contributed by atoms with Gasteiger partial charge in [0.1, 0.15) is 11.9 Å². The summed E-state index contributed by atoms with van der Waals surface area (Å²) in [5, 5.41) is 6.06. The third kappa shape index (κ3) is 4.06. The quantitative estimate of drug-likeness (QED) is 0.873. The molecule has 2 heterocycles. The Balaban J connectivity index is 1.70. The van der Waals surface area contributed by atoms with Crippen molar-refractivity contribution >= 4 is 17.5 Å². The highest BCUT2D eigenvalue weighted by molar-refractivity contribution is 5.88. The molecule has 7 heteroatoms. The van der Waals surface area contributed by atoms with E-state index in [-0.39, 0.29) is 17.9 Å². The predicted octanol–water partition coefficient (Wildman–Crippen LogP) is 1.09. The summed E-state index contributed by atoms with van der Waals surface area (Å²) in [7, 11) is 1.94. The lowest BCUT2D eigenvalue weighted by atomic mass is 10.1. The number of anilines is 1. The first-order valence-corrected chi connectivity index (χ1v) is 8.38. The predicted molar refractivity (Wildman–Crippen MR) is 95.0 cm³/mol. The topological polar surface area (TPSA) is 79.3 Å². The van der Waals surface area contributed by atoms with Gasteiger partial charge in [-0.1, -0.05) is 12.1 Å². The van der Waals surface area contributed by atoms with Gasteiger partial charge in [0.25, 0.3) is 0 Å².